The summed E-state index contributed by atoms with van der Waals surface area (Å²) in [4.78, 5) is 23.8. The minimum atomic E-state index is -1.05. The Kier molecular flexibility index (Phi) is 5.78. The lowest BCUT2D eigenvalue weighted by molar-refractivity contribution is -0.142. The second-order valence-electron chi connectivity index (χ2n) is 5.98. The van der Waals surface area contributed by atoms with E-state index in [-0.39, 0.29) is 24.3 Å². The Hall–Kier alpha value is -1.72. The first-order valence-corrected chi connectivity index (χ1v) is 8.20. The summed E-state index contributed by atoms with van der Waals surface area (Å²) in [6.45, 7) is 3.43. The smallest absolute Gasteiger partial charge is 0.307 e. The van der Waals surface area contributed by atoms with E-state index in [0.29, 0.717) is 16.5 Å². The third kappa shape index (κ3) is 4.42. The number of methoxy groups -OCH3 is 1. The molecule has 130 valence electrons. The van der Waals surface area contributed by atoms with Crippen molar-refractivity contribution in [3.8, 4) is 0 Å². The number of amides is 1. The number of halogens is 2. The zero-order chi connectivity index (χ0) is 17.9. The molecule has 0 fully saturated rings. The Morgan fingerprint density at radius 3 is 2.54 bits per heavy atom. The molecule has 0 bridgehead atoms. The Balaban J connectivity index is 2.03. The largest absolute Gasteiger partial charge is 0.485 e. The van der Waals surface area contributed by atoms with Crippen molar-refractivity contribution in [2.24, 2.45) is 0 Å². The summed E-state index contributed by atoms with van der Waals surface area (Å²) in [6, 6.07) is 4.83. The van der Waals surface area contributed by atoms with Crippen LogP contribution in [0.3, 0.4) is 0 Å². The van der Waals surface area contributed by atoms with Crippen LogP contribution in [-0.2, 0) is 19.1 Å². The van der Waals surface area contributed by atoms with E-state index in [1.165, 1.54) is 7.11 Å². The van der Waals surface area contributed by atoms with E-state index in [2.05, 4.69) is 10.1 Å². The Bertz CT molecular complexity index is 669. The normalized spacial score (nSPS) is 20.8. The summed E-state index contributed by atoms with van der Waals surface area (Å²) in [5.74, 6) is -0.675. The monoisotopic (exact) mass is 371 g/mol. The highest BCUT2D eigenvalue weighted by Gasteiger charge is 2.40. The number of hydrogen-bond acceptors (Lipinski definition) is 4. The maximum atomic E-state index is 12.5. The van der Waals surface area contributed by atoms with Crippen molar-refractivity contribution >= 4 is 40.7 Å². The first-order valence-electron chi connectivity index (χ1n) is 7.44. The highest BCUT2D eigenvalue weighted by atomic mass is 35.5. The average Bonchev–Trinajstić information content (AvgIpc) is 2.90. The molecule has 0 aromatic heterocycles. The fraction of sp³-hybridized carbons (Fsp3) is 0.412. The van der Waals surface area contributed by atoms with Crippen LogP contribution in [0, 0.1) is 0 Å². The average molecular weight is 372 g/mol. The Labute approximate surface area is 150 Å². The van der Waals surface area contributed by atoms with Crippen molar-refractivity contribution in [1.82, 2.24) is 5.32 Å². The third-order valence-corrected chi connectivity index (χ3v) is 4.22. The van der Waals surface area contributed by atoms with Gasteiger partial charge in [-0.05, 0) is 43.2 Å². The van der Waals surface area contributed by atoms with Crippen LogP contribution in [0.2, 0.25) is 10.0 Å². The third-order valence-electron chi connectivity index (χ3n) is 3.78. The molecule has 1 amide bonds. The minimum absolute atomic E-state index is 0.0997. The topological polar surface area (TPSA) is 64.6 Å². The number of esters is 1. The Morgan fingerprint density at radius 1 is 1.33 bits per heavy atom. The number of nitrogens with one attached hydrogen (secondary N) is 1. The molecule has 0 spiro atoms. The summed E-state index contributed by atoms with van der Waals surface area (Å²) in [6.07, 6.45) is 2.02. The number of carbonyl (C=O) groups excluding carboxylic acids is 2. The van der Waals surface area contributed by atoms with Gasteiger partial charge in [-0.2, -0.15) is 0 Å². The lowest BCUT2D eigenvalue weighted by Crippen LogP contribution is -2.48. The standard InChI is InChI=1S/C17H19Cl2NO4/c1-10(4-15(21)23-3)20-16(22)17(2)8-12(9-24-17)11-5-13(18)7-14(19)6-11/h5-7,9-10H,4,8H2,1-3H3,(H,20,22). The molecule has 1 aromatic carbocycles. The molecule has 1 aliphatic rings. The van der Waals surface area contributed by atoms with Crippen LogP contribution in [-0.4, -0.2) is 30.6 Å². The van der Waals surface area contributed by atoms with E-state index >= 15 is 0 Å². The SMILES string of the molecule is COC(=O)CC(C)NC(=O)C1(C)CC(c2cc(Cl)cc(Cl)c2)=CO1. The van der Waals surface area contributed by atoms with Gasteiger partial charge in [0.25, 0.3) is 5.91 Å². The maximum Gasteiger partial charge on any atom is 0.307 e. The molecule has 0 saturated carbocycles. The van der Waals surface area contributed by atoms with Gasteiger partial charge in [0.05, 0.1) is 19.8 Å². The van der Waals surface area contributed by atoms with Crippen LogP contribution >= 0.6 is 23.2 Å². The van der Waals surface area contributed by atoms with Crippen molar-refractivity contribution in [3.63, 3.8) is 0 Å². The van der Waals surface area contributed by atoms with Crippen molar-refractivity contribution in [2.75, 3.05) is 7.11 Å². The zero-order valence-electron chi connectivity index (χ0n) is 13.7. The van der Waals surface area contributed by atoms with Crippen molar-refractivity contribution in [3.05, 3.63) is 40.1 Å². The molecule has 1 aromatic rings. The number of ether oxygens (including phenoxy) is 2. The molecular weight excluding hydrogens is 353 g/mol. The fourth-order valence-electron chi connectivity index (χ4n) is 2.45. The highest BCUT2D eigenvalue weighted by molar-refractivity contribution is 6.34. The molecule has 0 saturated heterocycles. The van der Waals surface area contributed by atoms with Gasteiger partial charge in [0, 0.05) is 22.5 Å². The van der Waals surface area contributed by atoms with Gasteiger partial charge >= 0.3 is 5.97 Å². The number of benzene rings is 1. The van der Waals surface area contributed by atoms with Crippen molar-refractivity contribution < 1.29 is 19.1 Å². The fourth-order valence-corrected chi connectivity index (χ4v) is 2.98. The number of hydrogen-bond donors (Lipinski definition) is 1. The second kappa shape index (κ2) is 7.45. The van der Waals surface area contributed by atoms with Crippen molar-refractivity contribution in [2.45, 2.75) is 38.3 Å². The molecular formula is C17H19Cl2NO4. The first kappa shape index (κ1) is 18.6. The summed E-state index contributed by atoms with van der Waals surface area (Å²) >= 11 is 12.0. The molecule has 2 atom stereocenters. The molecule has 5 nitrogen and oxygen atoms in total. The molecule has 0 radical (unpaired) electrons. The van der Waals surface area contributed by atoms with Crippen LogP contribution in [0.1, 0.15) is 32.3 Å². The first-order chi connectivity index (χ1) is 11.2. The summed E-state index contributed by atoms with van der Waals surface area (Å²) in [5.41, 5.74) is 0.596. The van der Waals surface area contributed by atoms with Gasteiger partial charge in [0.1, 0.15) is 0 Å². The summed E-state index contributed by atoms with van der Waals surface area (Å²) in [5, 5.41) is 3.81. The summed E-state index contributed by atoms with van der Waals surface area (Å²) < 4.78 is 10.2. The predicted molar refractivity (Wildman–Crippen MR) is 92.8 cm³/mol. The van der Waals surface area contributed by atoms with Crippen molar-refractivity contribution in [1.29, 1.82) is 0 Å². The van der Waals surface area contributed by atoms with Gasteiger partial charge in [-0.1, -0.05) is 23.2 Å². The lowest BCUT2D eigenvalue weighted by Gasteiger charge is -2.25. The van der Waals surface area contributed by atoms with E-state index in [4.69, 9.17) is 27.9 Å². The van der Waals surface area contributed by atoms with Gasteiger partial charge in [0.15, 0.2) is 5.60 Å². The van der Waals surface area contributed by atoms with E-state index in [0.717, 1.165) is 11.1 Å². The molecule has 1 heterocycles. The van der Waals surface area contributed by atoms with Gasteiger partial charge in [-0.15, -0.1) is 0 Å². The van der Waals surface area contributed by atoms with Gasteiger partial charge in [-0.3, -0.25) is 9.59 Å². The minimum Gasteiger partial charge on any atom is -0.485 e. The molecule has 2 unspecified atom stereocenters. The number of rotatable bonds is 5. The van der Waals surface area contributed by atoms with Gasteiger partial charge < -0.3 is 14.8 Å². The molecule has 2 rings (SSSR count). The Morgan fingerprint density at radius 2 is 1.96 bits per heavy atom. The van der Waals surface area contributed by atoms with Crippen LogP contribution in [0.25, 0.3) is 5.57 Å². The van der Waals surface area contributed by atoms with Crippen LogP contribution in [0.4, 0.5) is 0 Å². The molecule has 24 heavy (non-hydrogen) atoms. The van der Waals surface area contributed by atoms with Crippen LogP contribution in [0.5, 0.6) is 0 Å². The maximum absolute atomic E-state index is 12.5. The van der Waals surface area contributed by atoms with E-state index in [1.54, 1.807) is 38.3 Å². The number of carbonyl (C=O) groups is 2. The molecule has 1 aliphatic heterocycles. The van der Waals surface area contributed by atoms with Crippen LogP contribution < -0.4 is 5.32 Å². The van der Waals surface area contributed by atoms with Crippen LogP contribution in [0.15, 0.2) is 24.5 Å². The summed E-state index contributed by atoms with van der Waals surface area (Å²) in [7, 11) is 1.31. The van der Waals surface area contributed by atoms with Gasteiger partial charge in [-0.25, -0.2) is 0 Å². The van der Waals surface area contributed by atoms with E-state index in [9.17, 15) is 9.59 Å². The quantitative estimate of drug-likeness (QED) is 0.803. The predicted octanol–water partition coefficient (Wildman–Crippen LogP) is 3.58. The van der Waals surface area contributed by atoms with Gasteiger partial charge in [0.2, 0.25) is 0 Å². The zero-order valence-corrected chi connectivity index (χ0v) is 15.2. The second-order valence-corrected chi connectivity index (χ2v) is 6.85. The van der Waals surface area contributed by atoms with E-state index < -0.39 is 5.60 Å². The van der Waals surface area contributed by atoms with E-state index in [1.807, 2.05) is 0 Å². The molecule has 7 heteroatoms. The lowest BCUT2D eigenvalue weighted by atomic mass is 9.94. The highest BCUT2D eigenvalue weighted by Crippen LogP contribution is 2.36. The molecule has 1 N–H and O–H groups in total. The molecule has 0 aliphatic carbocycles.